The summed E-state index contributed by atoms with van der Waals surface area (Å²) in [6, 6.07) is 18.0. The predicted octanol–water partition coefficient (Wildman–Crippen LogP) is 4.38. The van der Waals surface area contributed by atoms with Gasteiger partial charge in [0.1, 0.15) is 0 Å². The highest BCUT2D eigenvalue weighted by Gasteiger charge is 2.24. The molecule has 0 saturated heterocycles. The molecule has 120 valence electrons. The van der Waals surface area contributed by atoms with E-state index in [1.54, 1.807) is 0 Å². The topological polar surface area (TPSA) is 25.2 Å². The van der Waals surface area contributed by atoms with E-state index in [1.807, 2.05) is 64.3 Å². The van der Waals surface area contributed by atoms with Crippen molar-refractivity contribution in [2.45, 2.75) is 19.8 Å². The maximum Gasteiger partial charge on any atom is 0.258 e. The average Bonchev–Trinajstić information content (AvgIpc) is 3.16. The monoisotopic (exact) mass is 316 g/mol. The first-order valence-electron chi connectivity index (χ1n) is 8.38. The SMILES string of the molecule is Cc1cccc2c1CCCN2C(=O)c1cccc(-n2cccc2)c1. The minimum absolute atomic E-state index is 0.0792. The third-order valence-electron chi connectivity index (χ3n) is 4.73. The van der Waals surface area contributed by atoms with Crippen molar-refractivity contribution in [1.29, 1.82) is 0 Å². The number of nitrogens with zero attached hydrogens (tertiary/aromatic N) is 2. The first-order valence-corrected chi connectivity index (χ1v) is 8.38. The van der Waals surface area contributed by atoms with Gasteiger partial charge in [0.05, 0.1) is 0 Å². The van der Waals surface area contributed by atoms with E-state index in [4.69, 9.17) is 0 Å². The van der Waals surface area contributed by atoms with E-state index in [0.29, 0.717) is 0 Å². The number of carbonyl (C=O) groups is 1. The Morgan fingerprint density at radius 2 is 1.79 bits per heavy atom. The van der Waals surface area contributed by atoms with Crippen LogP contribution < -0.4 is 4.90 Å². The number of carbonyl (C=O) groups excluding carboxylic acids is 1. The summed E-state index contributed by atoms with van der Waals surface area (Å²) >= 11 is 0. The van der Waals surface area contributed by atoms with E-state index in [1.165, 1.54) is 11.1 Å². The van der Waals surface area contributed by atoms with Gasteiger partial charge in [0, 0.05) is 35.9 Å². The Morgan fingerprint density at radius 1 is 1.00 bits per heavy atom. The molecule has 3 aromatic rings. The molecule has 1 amide bonds. The van der Waals surface area contributed by atoms with Gasteiger partial charge in [-0.1, -0.05) is 18.2 Å². The number of benzene rings is 2. The standard InChI is InChI=1S/C21H20N2O/c1-16-7-4-11-20-19(16)10-6-14-23(20)21(24)17-8-5-9-18(15-17)22-12-2-3-13-22/h2-5,7-9,11-13,15H,6,10,14H2,1H3. The Bertz CT molecular complexity index is 881. The molecule has 0 spiro atoms. The molecule has 2 aromatic carbocycles. The molecule has 24 heavy (non-hydrogen) atoms. The zero-order valence-electron chi connectivity index (χ0n) is 13.8. The number of aryl methyl sites for hydroxylation is 1. The zero-order valence-corrected chi connectivity index (χ0v) is 13.8. The molecule has 0 bridgehead atoms. The number of rotatable bonds is 2. The molecule has 4 rings (SSSR count). The Morgan fingerprint density at radius 3 is 2.62 bits per heavy atom. The summed E-state index contributed by atoms with van der Waals surface area (Å²) < 4.78 is 2.02. The molecule has 0 saturated carbocycles. The van der Waals surface area contributed by atoms with Crippen molar-refractivity contribution >= 4 is 11.6 Å². The van der Waals surface area contributed by atoms with E-state index >= 15 is 0 Å². The van der Waals surface area contributed by atoms with Crippen LogP contribution in [-0.2, 0) is 6.42 Å². The number of hydrogen-bond donors (Lipinski definition) is 0. The molecule has 3 heteroatoms. The number of anilines is 1. The van der Waals surface area contributed by atoms with Crippen LogP contribution >= 0.6 is 0 Å². The second-order valence-corrected chi connectivity index (χ2v) is 6.27. The van der Waals surface area contributed by atoms with E-state index in [2.05, 4.69) is 19.1 Å². The lowest BCUT2D eigenvalue weighted by molar-refractivity contribution is 0.0985. The van der Waals surface area contributed by atoms with Crippen LogP contribution in [0.5, 0.6) is 0 Å². The molecule has 1 aliphatic rings. The van der Waals surface area contributed by atoms with Crippen LogP contribution in [0.25, 0.3) is 5.69 Å². The highest BCUT2D eigenvalue weighted by molar-refractivity contribution is 6.07. The molecule has 2 heterocycles. The molecule has 0 fully saturated rings. The molecular formula is C21H20N2O. The van der Waals surface area contributed by atoms with Gasteiger partial charge in [0.25, 0.3) is 5.91 Å². The Kier molecular flexibility index (Phi) is 3.69. The minimum atomic E-state index is 0.0792. The summed E-state index contributed by atoms with van der Waals surface area (Å²) in [5.74, 6) is 0.0792. The molecule has 1 aromatic heterocycles. The van der Waals surface area contributed by atoms with Crippen LogP contribution in [0.4, 0.5) is 5.69 Å². The van der Waals surface area contributed by atoms with E-state index in [9.17, 15) is 4.79 Å². The summed E-state index contributed by atoms with van der Waals surface area (Å²) in [4.78, 5) is 15.0. The fourth-order valence-corrected chi connectivity index (χ4v) is 3.47. The van der Waals surface area contributed by atoms with Gasteiger partial charge in [0.2, 0.25) is 0 Å². The van der Waals surface area contributed by atoms with Crippen molar-refractivity contribution in [3.8, 4) is 5.69 Å². The molecule has 0 unspecified atom stereocenters. The molecule has 0 radical (unpaired) electrons. The van der Waals surface area contributed by atoms with Crippen LogP contribution in [0.15, 0.2) is 67.0 Å². The van der Waals surface area contributed by atoms with Gasteiger partial charge in [-0.25, -0.2) is 0 Å². The Balaban J connectivity index is 1.71. The van der Waals surface area contributed by atoms with Crippen molar-refractivity contribution in [3.05, 3.63) is 83.7 Å². The number of amides is 1. The lowest BCUT2D eigenvalue weighted by Crippen LogP contribution is -2.35. The number of hydrogen-bond acceptors (Lipinski definition) is 1. The van der Waals surface area contributed by atoms with Gasteiger partial charge >= 0.3 is 0 Å². The van der Waals surface area contributed by atoms with Crippen molar-refractivity contribution < 1.29 is 4.79 Å². The number of fused-ring (bicyclic) bond motifs is 1. The molecule has 0 atom stereocenters. The van der Waals surface area contributed by atoms with Gasteiger partial charge in [0.15, 0.2) is 0 Å². The Labute approximate surface area is 142 Å². The molecule has 1 aliphatic heterocycles. The highest BCUT2D eigenvalue weighted by atomic mass is 16.2. The van der Waals surface area contributed by atoms with Gasteiger partial charge in [-0.3, -0.25) is 4.79 Å². The minimum Gasteiger partial charge on any atom is -0.324 e. The quantitative estimate of drug-likeness (QED) is 0.689. The summed E-state index contributed by atoms with van der Waals surface area (Å²) in [5.41, 5.74) is 5.38. The van der Waals surface area contributed by atoms with Crippen LogP contribution in [0.2, 0.25) is 0 Å². The van der Waals surface area contributed by atoms with Crippen LogP contribution in [0.1, 0.15) is 27.9 Å². The zero-order chi connectivity index (χ0) is 16.5. The average molecular weight is 316 g/mol. The van der Waals surface area contributed by atoms with Crippen molar-refractivity contribution in [3.63, 3.8) is 0 Å². The van der Waals surface area contributed by atoms with Crippen LogP contribution in [0.3, 0.4) is 0 Å². The summed E-state index contributed by atoms with van der Waals surface area (Å²) in [6.07, 6.45) is 6.04. The second kappa shape index (κ2) is 6.00. The normalized spacial score (nSPS) is 13.6. The molecule has 0 N–H and O–H groups in total. The summed E-state index contributed by atoms with van der Waals surface area (Å²) in [7, 11) is 0. The lowest BCUT2D eigenvalue weighted by Gasteiger charge is -2.30. The van der Waals surface area contributed by atoms with Crippen molar-refractivity contribution in [2.24, 2.45) is 0 Å². The first kappa shape index (κ1) is 14.8. The highest BCUT2D eigenvalue weighted by Crippen LogP contribution is 2.30. The van der Waals surface area contributed by atoms with Crippen LogP contribution in [-0.4, -0.2) is 17.0 Å². The largest absolute Gasteiger partial charge is 0.324 e. The van der Waals surface area contributed by atoms with Gasteiger partial charge < -0.3 is 9.47 Å². The lowest BCUT2D eigenvalue weighted by atomic mass is 9.96. The van der Waals surface area contributed by atoms with Crippen molar-refractivity contribution in [2.75, 3.05) is 11.4 Å². The second-order valence-electron chi connectivity index (χ2n) is 6.27. The fraction of sp³-hybridized carbons (Fsp3) is 0.190. The predicted molar refractivity (Wildman–Crippen MR) is 96.9 cm³/mol. The van der Waals surface area contributed by atoms with E-state index in [-0.39, 0.29) is 5.91 Å². The summed E-state index contributed by atoms with van der Waals surface area (Å²) in [6.45, 7) is 2.91. The maximum absolute atomic E-state index is 13.1. The molecule has 0 aliphatic carbocycles. The van der Waals surface area contributed by atoms with Crippen molar-refractivity contribution in [1.82, 2.24) is 4.57 Å². The third-order valence-corrected chi connectivity index (χ3v) is 4.73. The fourth-order valence-electron chi connectivity index (χ4n) is 3.47. The van der Waals surface area contributed by atoms with E-state index < -0.39 is 0 Å². The number of aromatic nitrogens is 1. The smallest absolute Gasteiger partial charge is 0.258 e. The Hall–Kier alpha value is -2.81. The molecule has 3 nitrogen and oxygen atoms in total. The summed E-state index contributed by atoms with van der Waals surface area (Å²) in [5, 5.41) is 0. The van der Waals surface area contributed by atoms with Gasteiger partial charge in [-0.15, -0.1) is 0 Å². The van der Waals surface area contributed by atoms with E-state index in [0.717, 1.165) is 36.3 Å². The third kappa shape index (κ3) is 2.52. The van der Waals surface area contributed by atoms with Gasteiger partial charge in [-0.2, -0.15) is 0 Å². The maximum atomic E-state index is 13.1. The van der Waals surface area contributed by atoms with Crippen LogP contribution in [0, 0.1) is 6.92 Å². The molecular weight excluding hydrogens is 296 g/mol. The first-order chi connectivity index (χ1) is 11.7. The van der Waals surface area contributed by atoms with Gasteiger partial charge in [-0.05, 0) is 67.3 Å².